The molecule has 2 N–H and O–H groups in total. The van der Waals surface area contributed by atoms with E-state index in [-0.39, 0.29) is 17.6 Å². The molecule has 0 amide bonds. The Balaban J connectivity index is 2.90. The van der Waals surface area contributed by atoms with Gasteiger partial charge in [0, 0.05) is 11.6 Å². The number of nitrogens with one attached hydrogen (secondary N) is 1. The highest BCUT2D eigenvalue weighted by molar-refractivity contribution is 5.02. The second kappa shape index (κ2) is 5.71. The Kier molecular flexibility index (Phi) is 5.03. The van der Waals surface area contributed by atoms with Crippen molar-refractivity contribution in [2.24, 2.45) is 11.3 Å². The summed E-state index contributed by atoms with van der Waals surface area (Å²) < 4.78 is 0. The van der Waals surface area contributed by atoms with E-state index in [1.807, 2.05) is 0 Å². The van der Waals surface area contributed by atoms with Gasteiger partial charge in [0.25, 0.3) is 0 Å². The molecule has 0 aromatic carbocycles. The molecular formula is C15H31NO. The van der Waals surface area contributed by atoms with E-state index < -0.39 is 0 Å². The summed E-state index contributed by atoms with van der Waals surface area (Å²) in [6.07, 6.45) is 6.05. The molecular weight excluding hydrogens is 210 g/mol. The molecule has 2 heteroatoms. The number of aliphatic hydroxyl groups is 1. The van der Waals surface area contributed by atoms with E-state index in [1.54, 1.807) is 0 Å². The Morgan fingerprint density at radius 2 is 2.00 bits per heavy atom. The maximum atomic E-state index is 9.96. The topological polar surface area (TPSA) is 32.3 Å². The predicted octanol–water partition coefficient (Wildman–Crippen LogP) is 3.34. The van der Waals surface area contributed by atoms with Crippen molar-refractivity contribution >= 4 is 0 Å². The van der Waals surface area contributed by atoms with Crippen LogP contribution in [0.1, 0.15) is 66.7 Å². The summed E-state index contributed by atoms with van der Waals surface area (Å²) in [4.78, 5) is 0. The molecule has 17 heavy (non-hydrogen) atoms. The van der Waals surface area contributed by atoms with Gasteiger partial charge in [-0.15, -0.1) is 0 Å². The first-order valence-corrected chi connectivity index (χ1v) is 7.24. The van der Waals surface area contributed by atoms with Gasteiger partial charge < -0.3 is 10.4 Å². The Hall–Kier alpha value is -0.0800. The van der Waals surface area contributed by atoms with Crippen molar-refractivity contribution in [1.82, 2.24) is 5.32 Å². The van der Waals surface area contributed by atoms with Crippen LogP contribution in [0.3, 0.4) is 0 Å². The smallest absolute Gasteiger partial charge is 0.0616 e. The lowest BCUT2D eigenvalue weighted by atomic mass is 9.62. The van der Waals surface area contributed by atoms with Gasteiger partial charge in [-0.1, -0.05) is 40.5 Å². The molecule has 102 valence electrons. The van der Waals surface area contributed by atoms with Crippen LogP contribution >= 0.6 is 0 Å². The maximum Gasteiger partial charge on any atom is 0.0616 e. The largest absolute Gasteiger partial charge is 0.394 e. The summed E-state index contributed by atoms with van der Waals surface area (Å²) in [7, 11) is 0. The van der Waals surface area contributed by atoms with E-state index in [1.165, 1.54) is 19.3 Å². The third kappa shape index (κ3) is 3.45. The zero-order valence-electron chi connectivity index (χ0n) is 12.3. The Labute approximate surface area is 107 Å². The molecule has 0 heterocycles. The average Bonchev–Trinajstić information content (AvgIpc) is 2.28. The minimum atomic E-state index is -0.0497. The highest BCUT2D eigenvalue weighted by atomic mass is 16.3. The van der Waals surface area contributed by atoms with Gasteiger partial charge in [-0.3, -0.25) is 0 Å². The fourth-order valence-electron chi connectivity index (χ4n) is 3.50. The fourth-order valence-corrected chi connectivity index (χ4v) is 3.50. The van der Waals surface area contributed by atoms with Crippen LogP contribution in [-0.2, 0) is 0 Å². The Morgan fingerprint density at radius 1 is 1.35 bits per heavy atom. The van der Waals surface area contributed by atoms with Crippen molar-refractivity contribution in [1.29, 1.82) is 0 Å². The second-order valence-corrected chi connectivity index (χ2v) is 6.93. The van der Waals surface area contributed by atoms with Gasteiger partial charge in [0.2, 0.25) is 0 Å². The molecule has 0 radical (unpaired) electrons. The minimum absolute atomic E-state index is 0.0497. The van der Waals surface area contributed by atoms with Crippen LogP contribution < -0.4 is 5.32 Å². The molecule has 1 saturated carbocycles. The quantitative estimate of drug-likeness (QED) is 0.791. The van der Waals surface area contributed by atoms with Crippen LogP contribution in [0, 0.1) is 11.3 Å². The molecule has 1 aliphatic carbocycles. The van der Waals surface area contributed by atoms with Crippen LogP contribution in [0.25, 0.3) is 0 Å². The third-order valence-electron chi connectivity index (χ3n) is 4.51. The zero-order valence-corrected chi connectivity index (χ0v) is 12.3. The summed E-state index contributed by atoms with van der Waals surface area (Å²) >= 11 is 0. The molecule has 0 spiro atoms. The highest BCUT2D eigenvalue weighted by Gasteiger charge is 2.45. The van der Waals surface area contributed by atoms with Gasteiger partial charge in [-0.25, -0.2) is 0 Å². The molecule has 0 bridgehead atoms. The van der Waals surface area contributed by atoms with Gasteiger partial charge in [0.15, 0.2) is 0 Å². The first-order valence-electron chi connectivity index (χ1n) is 7.24. The van der Waals surface area contributed by atoms with Crippen LogP contribution in [0.15, 0.2) is 0 Å². The summed E-state index contributed by atoms with van der Waals surface area (Å²) in [5.41, 5.74) is 0.218. The molecule has 3 unspecified atom stereocenters. The van der Waals surface area contributed by atoms with Gasteiger partial charge in [0.05, 0.1) is 6.61 Å². The molecule has 1 aliphatic rings. The first kappa shape index (κ1) is 15.0. The lowest BCUT2D eigenvalue weighted by molar-refractivity contribution is 0.00106. The first-order chi connectivity index (χ1) is 7.85. The normalized spacial score (nSPS) is 32.5. The lowest BCUT2D eigenvalue weighted by Crippen LogP contribution is -2.61. The van der Waals surface area contributed by atoms with E-state index >= 15 is 0 Å². The van der Waals surface area contributed by atoms with Gasteiger partial charge in [-0.2, -0.15) is 0 Å². The number of hydrogen-bond acceptors (Lipinski definition) is 2. The molecule has 0 saturated heterocycles. The van der Waals surface area contributed by atoms with Crippen LogP contribution in [-0.4, -0.2) is 23.3 Å². The van der Waals surface area contributed by atoms with Crippen molar-refractivity contribution in [3.63, 3.8) is 0 Å². The van der Waals surface area contributed by atoms with E-state index in [0.29, 0.717) is 12.0 Å². The minimum Gasteiger partial charge on any atom is -0.394 e. The highest BCUT2D eigenvalue weighted by Crippen LogP contribution is 2.44. The van der Waals surface area contributed by atoms with E-state index in [2.05, 4.69) is 39.9 Å². The number of rotatable bonds is 4. The molecule has 1 rings (SSSR count). The van der Waals surface area contributed by atoms with E-state index in [9.17, 15) is 5.11 Å². The molecule has 1 fully saturated rings. The van der Waals surface area contributed by atoms with Crippen molar-refractivity contribution in [2.45, 2.75) is 78.3 Å². The number of aliphatic hydroxyl groups excluding tert-OH is 1. The van der Waals surface area contributed by atoms with Crippen LogP contribution in [0.4, 0.5) is 0 Å². The van der Waals surface area contributed by atoms with Crippen molar-refractivity contribution in [3.8, 4) is 0 Å². The van der Waals surface area contributed by atoms with E-state index in [4.69, 9.17) is 0 Å². The van der Waals surface area contributed by atoms with Crippen molar-refractivity contribution in [2.75, 3.05) is 6.61 Å². The molecule has 3 atom stereocenters. The molecule has 0 aliphatic heterocycles. The predicted molar refractivity (Wildman–Crippen MR) is 74.1 cm³/mol. The van der Waals surface area contributed by atoms with Gasteiger partial charge in [0.1, 0.15) is 0 Å². The molecule has 0 aromatic rings. The second-order valence-electron chi connectivity index (χ2n) is 6.93. The third-order valence-corrected chi connectivity index (χ3v) is 4.51. The Bertz CT molecular complexity index is 234. The monoisotopic (exact) mass is 241 g/mol. The van der Waals surface area contributed by atoms with Gasteiger partial charge >= 0.3 is 0 Å². The molecule has 0 aromatic heterocycles. The van der Waals surface area contributed by atoms with Crippen molar-refractivity contribution in [3.05, 3.63) is 0 Å². The average molecular weight is 241 g/mol. The van der Waals surface area contributed by atoms with E-state index in [0.717, 1.165) is 12.8 Å². The van der Waals surface area contributed by atoms with Crippen LogP contribution in [0.5, 0.6) is 0 Å². The fraction of sp³-hybridized carbons (Fsp3) is 1.00. The lowest BCUT2D eigenvalue weighted by Gasteiger charge is -2.51. The van der Waals surface area contributed by atoms with Crippen LogP contribution in [0.2, 0.25) is 0 Å². The number of hydrogen-bond donors (Lipinski definition) is 2. The van der Waals surface area contributed by atoms with Crippen molar-refractivity contribution < 1.29 is 5.11 Å². The zero-order chi connectivity index (χ0) is 13.1. The maximum absolute atomic E-state index is 9.96. The SMILES string of the molecule is CCC(C)NC1(CO)CCCCC1C(C)(C)C. The summed E-state index contributed by atoms with van der Waals surface area (Å²) in [5, 5.41) is 13.7. The Morgan fingerprint density at radius 3 is 2.47 bits per heavy atom. The summed E-state index contributed by atoms with van der Waals surface area (Å²) in [6, 6.07) is 0.491. The summed E-state index contributed by atoms with van der Waals surface area (Å²) in [6.45, 7) is 11.6. The van der Waals surface area contributed by atoms with Gasteiger partial charge in [-0.05, 0) is 37.5 Å². The summed E-state index contributed by atoms with van der Waals surface area (Å²) in [5.74, 6) is 0.572. The molecule has 2 nitrogen and oxygen atoms in total. The standard InChI is InChI=1S/C15H31NO/c1-6-12(2)16-15(11-17)10-8-7-9-13(15)14(3,4)5/h12-13,16-17H,6-11H2,1-5H3.